The summed E-state index contributed by atoms with van der Waals surface area (Å²) in [6.45, 7) is 14.0. The molecule has 2 aliphatic heterocycles. The van der Waals surface area contributed by atoms with Crippen molar-refractivity contribution in [3.63, 3.8) is 0 Å². The largest absolute Gasteiger partial charge is 0.311 e. The topological polar surface area (TPSA) is 6.48 Å². The Bertz CT molecular complexity index is 2690. The van der Waals surface area contributed by atoms with Crippen LogP contribution in [0.1, 0.15) is 52.7 Å². The summed E-state index contributed by atoms with van der Waals surface area (Å²) in [5.74, 6) is 0. The zero-order chi connectivity index (χ0) is 41.5. The Balaban J connectivity index is 1.30. The van der Waals surface area contributed by atoms with E-state index in [4.69, 9.17) is 0 Å². The average molecular weight is 809 g/mol. The molecule has 0 atom stereocenters. The predicted octanol–water partition coefficient (Wildman–Crippen LogP) is 13.3. The van der Waals surface area contributed by atoms with Crippen LogP contribution in [0.4, 0.5) is 34.1 Å². The average Bonchev–Trinajstić information content (AvgIpc) is 3.23. The lowest BCUT2D eigenvalue weighted by Gasteiger charge is -2.45. The van der Waals surface area contributed by atoms with Gasteiger partial charge in [-0.25, -0.2) is 0 Å². The van der Waals surface area contributed by atoms with E-state index in [9.17, 15) is 0 Å². The highest BCUT2D eigenvalue weighted by Gasteiger charge is 2.44. The first-order valence-electron chi connectivity index (χ1n) is 20.8. The van der Waals surface area contributed by atoms with E-state index >= 15 is 0 Å². The van der Waals surface area contributed by atoms with Gasteiger partial charge < -0.3 is 9.80 Å². The molecule has 0 aliphatic carbocycles. The van der Waals surface area contributed by atoms with Gasteiger partial charge in [-0.3, -0.25) is 0 Å². The fraction of sp³-hybridized carbons (Fsp3) is 0.222. The van der Waals surface area contributed by atoms with Gasteiger partial charge in [-0.2, -0.15) is 20.1 Å². The van der Waals surface area contributed by atoms with Crippen molar-refractivity contribution in [2.45, 2.75) is 72.0 Å². The molecule has 0 unspecified atom stereocenters. The maximum atomic E-state index is 2.57. The van der Waals surface area contributed by atoms with Crippen LogP contribution in [0.25, 0.3) is 0 Å². The Morgan fingerprint density at radius 3 is 1.47 bits per heavy atom. The maximum Gasteiger partial charge on any atom is 0.252 e. The molecule has 0 saturated heterocycles. The van der Waals surface area contributed by atoms with Gasteiger partial charge in [-0.1, -0.05) is 114 Å². The minimum Gasteiger partial charge on any atom is -0.311 e. The van der Waals surface area contributed by atoms with E-state index in [2.05, 4.69) is 240 Å². The minimum atomic E-state index is -1.31. The van der Waals surface area contributed by atoms with Crippen LogP contribution in [0.5, 0.6) is 0 Å². The fourth-order valence-electron chi connectivity index (χ4n) is 9.09. The molecular weight excluding hydrogens is 752 g/mol. The second-order valence-electron chi connectivity index (χ2n) is 19.1. The highest BCUT2D eigenvalue weighted by molar-refractivity contribution is 8.33. The monoisotopic (exact) mass is 808 g/mol. The van der Waals surface area contributed by atoms with E-state index in [1.807, 2.05) is 0 Å². The van der Waals surface area contributed by atoms with Gasteiger partial charge in [0.05, 0.1) is 0 Å². The normalized spacial score (nSPS) is 14.4. The van der Waals surface area contributed by atoms with Gasteiger partial charge in [0.1, 0.15) is 0 Å². The Morgan fingerprint density at radius 1 is 0.373 bits per heavy atom. The molecule has 7 aromatic rings. The van der Waals surface area contributed by atoms with Crippen molar-refractivity contribution in [1.29, 1.82) is 0 Å². The van der Waals surface area contributed by atoms with Crippen molar-refractivity contribution >= 4 is 77.3 Å². The molecule has 5 heteroatoms. The summed E-state index contributed by atoms with van der Waals surface area (Å²) in [5, 5.41) is 0. The first-order chi connectivity index (χ1) is 28.0. The summed E-state index contributed by atoms with van der Waals surface area (Å²) in [4.78, 5) is 10.7. The molecule has 0 bridgehead atoms. The zero-order valence-electron chi connectivity index (χ0n) is 36.4. The molecule has 59 heavy (non-hydrogen) atoms. The summed E-state index contributed by atoms with van der Waals surface area (Å²) in [7, 11) is -2.49. The third-order valence-corrected chi connectivity index (χ3v) is 18.5. The quantitative estimate of drug-likeness (QED) is 0.154. The van der Waals surface area contributed by atoms with Crippen molar-refractivity contribution in [2.75, 3.05) is 34.8 Å². The van der Waals surface area contributed by atoms with E-state index < -0.39 is 20.1 Å². The molecule has 0 radical (unpaired) electrons. The highest BCUT2D eigenvalue weighted by atomic mass is 32.3. The number of benzene rings is 7. The van der Waals surface area contributed by atoms with Crippen molar-refractivity contribution in [3.05, 3.63) is 175 Å². The number of hydrogen-bond acceptors (Lipinski definition) is 2. The molecular formula is C54H57BN2S2. The lowest BCUT2D eigenvalue weighted by atomic mass is 9.33. The van der Waals surface area contributed by atoms with Crippen LogP contribution in [0.15, 0.2) is 183 Å². The number of hydrogen-bond donors (Lipinski definition) is 0. The van der Waals surface area contributed by atoms with E-state index in [-0.39, 0.29) is 17.5 Å². The standard InChI is InChI=1S/C54H57BN2S2/c1-53(2,3)38-19-17-20-41(35-38)57-50-26-18-25-49-52(50)55(46-33-27-39(36-51(46)57)54(4,5)6)47-37-45(59(9,10)43-23-15-12-16-24-43)32-34-48(47)56(49)40-28-30-44(31-29-40)58(7,8)42-21-13-11-14-22-42/h11-37H,1-10H3. The van der Waals surface area contributed by atoms with Gasteiger partial charge in [0, 0.05) is 34.1 Å². The third-order valence-electron chi connectivity index (χ3n) is 12.7. The van der Waals surface area contributed by atoms with Gasteiger partial charge in [0.15, 0.2) is 0 Å². The first-order valence-corrected chi connectivity index (χ1v) is 25.7. The zero-order valence-corrected chi connectivity index (χ0v) is 38.0. The van der Waals surface area contributed by atoms with E-state index in [0.29, 0.717) is 0 Å². The Labute approximate surface area is 357 Å². The highest BCUT2D eigenvalue weighted by Crippen LogP contribution is 2.58. The molecule has 0 saturated carbocycles. The molecule has 7 aromatic carbocycles. The first kappa shape index (κ1) is 39.4. The smallest absolute Gasteiger partial charge is 0.252 e. The fourth-order valence-corrected chi connectivity index (χ4v) is 13.0. The second kappa shape index (κ2) is 14.3. The molecule has 298 valence electrons. The summed E-state index contributed by atoms with van der Waals surface area (Å²) < 4.78 is 0. The minimum absolute atomic E-state index is 0.00343. The van der Waals surface area contributed by atoms with Gasteiger partial charge >= 0.3 is 0 Å². The van der Waals surface area contributed by atoms with Crippen LogP contribution >= 0.6 is 20.1 Å². The van der Waals surface area contributed by atoms with Crippen LogP contribution in [0.2, 0.25) is 0 Å². The Kier molecular flexibility index (Phi) is 9.53. The molecule has 0 N–H and O–H groups in total. The number of nitrogens with zero attached hydrogens (tertiary/aromatic N) is 2. The molecule has 0 spiro atoms. The SMILES string of the molecule is CC(C)(C)c1cccc(N2c3cc(C(C)(C)C)ccc3B3c4cc(S(C)(C)c5ccccc5)ccc4N(c4ccc(S(C)(C)c5ccccc5)cc4)c4cccc2c43)c1. The van der Waals surface area contributed by atoms with Crippen LogP contribution in [-0.4, -0.2) is 31.7 Å². The maximum absolute atomic E-state index is 2.57. The van der Waals surface area contributed by atoms with E-state index in [1.54, 1.807) is 0 Å². The molecule has 9 rings (SSSR count). The summed E-state index contributed by atoms with van der Waals surface area (Å²) in [5.41, 5.74) is 14.2. The Hall–Kier alpha value is -5.10. The van der Waals surface area contributed by atoms with Crippen LogP contribution in [-0.2, 0) is 10.8 Å². The Morgan fingerprint density at radius 2 is 0.881 bits per heavy atom. The van der Waals surface area contributed by atoms with Gasteiger partial charge in [-0.05, 0) is 174 Å². The summed E-state index contributed by atoms with van der Waals surface area (Å²) in [6, 6.07) is 62.6. The lowest BCUT2D eigenvalue weighted by molar-refractivity contribution is 0.590. The molecule has 0 aromatic heterocycles. The second-order valence-corrected chi connectivity index (χ2v) is 26.3. The van der Waals surface area contributed by atoms with Crippen LogP contribution < -0.4 is 26.2 Å². The van der Waals surface area contributed by atoms with Gasteiger partial charge in [0.2, 0.25) is 0 Å². The van der Waals surface area contributed by atoms with Crippen molar-refractivity contribution < 1.29 is 0 Å². The molecule has 0 fully saturated rings. The van der Waals surface area contributed by atoms with Gasteiger partial charge in [0.25, 0.3) is 6.71 Å². The van der Waals surface area contributed by atoms with Crippen LogP contribution in [0, 0.1) is 0 Å². The summed E-state index contributed by atoms with van der Waals surface area (Å²) in [6.07, 6.45) is 9.73. The van der Waals surface area contributed by atoms with Crippen LogP contribution in [0.3, 0.4) is 0 Å². The number of anilines is 6. The summed E-state index contributed by atoms with van der Waals surface area (Å²) >= 11 is 0. The van der Waals surface area contributed by atoms with E-state index in [1.165, 1.54) is 81.2 Å². The van der Waals surface area contributed by atoms with Crippen molar-refractivity contribution in [3.8, 4) is 0 Å². The van der Waals surface area contributed by atoms with E-state index in [0.717, 1.165) is 0 Å². The lowest BCUT2D eigenvalue weighted by Crippen LogP contribution is -2.61. The van der Waals surface area contributed by atoms with Crippen molar-refractivity contribution in [2.24, 2.45) is 0 Å². The molecule has 2 nitrogen and oxygen atoms in total. The number of rotatable bonds is 6. The predicted molar refractivity (Wildman–Crippen MR) is 263 cm³/mol. The number of fused-ring (bicyclic) bond motifs is 4. The van der Waals surface area contributed by atoms with Crippen molar-refractivity contribution in [1.82, 2.24) is 0 Å². The molecule has 0 amide bonds. The van der Waals surface area contributed by atoms with Gasteiger partial charge in [-0.15, -0.1) is 0 Å². The molecule has 2 heterocycles. The third kappa shape index (κ3) is 6.71. The molecule has 2 aliphatic rings.